The SMILES string of the molecule is CC(C)[C@H]1C(=O)N(CC(=O)N[C@H](C=O)Cc2ccccc2)C(c2ccccc2)=CN1C(=O)c1ccccn1. The number of carbonyl (C=O) groups excluding carboxylic acids is 4. The van der Waals surface area contributed by atoms with Crippen LogP contribution in [0.4, 0.5) is 0 Å². The Bertz CT molecular complexity index is 1310. The number of aldehydes is 1. The molecule has 0 unspecified atom stereocenters. The average molecular weight is 511 g/mol. The lowest BCUT2D eigenvalue weighted by atomic mass is 9.96. The van der Waals surface area contributed by atoms with E-state index in [2.05, 4.69) is 10.3 Å². The summed E-state index contributed by atoms with van der Waals surface area (Å²) in [6.45, 7) is 3.40. The zero-order chi connectivity index (χ0) is 27.1. The third kappa shape index (κ3) is 6.03. The van der Waals surface area contributed by atoms with Crippen molar-refractivity contribution in [1.82, 2.24) is 20.1 Å². The Hall–Kier alpha value is -4.59. The summed E-state index contributed by atoms with van der Waals surface area (Å²) in [4.78, 5) is 59.2. The van der Waals surface area contributed by atoms with Crippen molar-refractivity contribution in [3.05, 3.63) is 108 Å². The van der Waals surface area contributed by atoms with Crippen molar-refractivity contribution in [2.75, 3.05) is 6.54 Å². The molecule has 0 bridgehead atoms. The second kappa shape index (κ2) is 12.1. The van der Waals surface area contributed by atoms with Crippen LogP contribution >= 0.6 is 0 Å². The Kier molecular flexibility index (Phi) is 8.43. The highest BCUT2D eigenvalue weighted by Gasteiger charge is 2.41. The largest absolute Gasteiger partial charge is 0.345 e. The fourth-order valence-electron chi connectivity index (χ4n) is 4.49. The Morgan fingerprint density at radius 3 is 2.24 bits per heavy atom. The van der Waals surface area contributed by atoms with Crippen LogP contribution in [-0.2, 0) is 20.8 Å². The van der Waals surface area contributed by atoms with Gasteiger partial charge in [0.25, 0.3) is 11.8 Å². The fourth-order valence-corrected chi connectivity index (χ4v) is 4.49. The molecule has 0 fully saturated rings. The average Bonchev–Trinajstić information content (AvgIpc) is 2.94. The molecule has 2 atom stereocenters. The Labute approximate surface area is 222 Å². The molecule has 0 saturated carbocycles. The third-order valence-corrected chi connectivity index (χ3v) is 6.30. The number of rotatable bonds is 9. The van der Waals surface area contributed by atoms with E-state index in [1.807, 2.05) is 74.5 Å². The van der Waals surface area contributed by atoms with Gasteiger partial charge in [0.2, 0.25) is 5.91 Å². The van der Waals surface area contributed by atoms with Gasteiger partial charge >= 0.3 is 0 Å². The number of nitrogens with one attached hydrogen (secondary N) is 1. The molecule has 0 saturated heterocycles. The number of carbonyl (C=O) groups is 4. The van der Waals surface area contributed by atoms with E-state index < -0.39 is 23.9 Å². The van der Waals surface area contributed by atoms with Crippen molar-refractivity contribution in [2.24, 2.45) is 5.92 Å². The first-order valence-corrected chi connectivity index (χ1v) is 12.5. The highest BCUT2D eigenvalue weighted by molar-refractivity contribution is 6.03. The van der Waals surface area contributed by atoms with Crippen LogP contribution in [0.1, 0.15) is 35.5 Å². The predicted octanol–water partition coefficient (Wildman–Crippen LogP) is 3.32. The van der Waals surface area contributed by atoms with E-state index in [1.165, 1.54) is 16.0 Å². The smallest absolute Gasteiger partial charge is 0.277 e. The first-order chi connectivity index (χ1) is 18.4. The van der Waals surface area contributed by atoms with Crippen molar-refractivity contribution in [1.29, 1.82) is 0 Å². The van der Waals surface area contributed by atoms with Gasteiger partial charge in [-0.3, -0.25) is 29.2 Å². The van der Waals surface area contributed by atoms with Gasteiger partial charge in [0.1, 0.15) is 24.6 Å². The zero-order valence-corrected chi connectivity index (χ0v) is 21.4. The Morgan fingerprint density at radius 2 is 1.63 bits per heavy atom. The second-order valence-corrected chi connectivity index (χ2v) is 9.42. The van der Waals surface area contributed by atoms with Crippen LogP contribution in [-0.4, -0.2) is 57.4 Å². The van der Waals surface area contributed by atoms with Gasteiger partial charge in [-0.05, 0) is 35.6 Å². The molecular formula is C30H30N4O4. The number of hydrogen-bond donors (Lipinski definition) is 1. The number of benzene rings is 2. The summed E-state index contributed by atoms with van der Waals surface area (Å²) in [7, 11) is 0. The molecule has 1 aliphatic rings. The van der Waals surface area contributed by atoms with Crippen LogP contribution in [0.2, 0.25) is 0 Å². The lowest BCUT2D eigenvalue weighted by Gasteiger charge is -2.41. The van der Waals surface area contributed by atoms with Gasteiger partial charge in [-0.25, -0.2) is 0 Å². The molecule has 8 heteroatoms. The van der Waals surface area contributed by atoms with Crippen molar-refractivity contribution >= 4 is 29.7 Å². The predicted molar refractivity (Wildman–Crippen MR) is 143 cm³/mol. The molecule has 194 valence electrons. The second-order valence-electron chi connectivity index (χ2n) is 9.42. The maximum atomic E-state index is 13.9. The molecule has 3 aromatic rings. The minimum absolute atomic E-state index is 0.218. The first-order valence-electron chi connectivity index (χ1n) is 12.5. The van der Waals surface area contributed by atoms with Crippen LogP contribution in [0.3, 0.4) is 0 Å². The van der Waals surface area contributed by atoms with Gasteiger partial charge in [0.15, 0.2) is 0 Å². The highest BCUT2D eigenvalue weighted by atomic mass is 16.2. The quantitative estimate of drug-likeness (QED) is 0.445. The first kappa shape index (κ1) is 26.5. The van der Waals surface area contributed by atoms with Crippen molar-refractivity contribution in [3.63, 3.8) is 0 Å². The zero-order valence-electron chi connectivity index (χ0n) is 21.4. The van der Waals surface area contributed by atoms with Gasteiger partial charge in [-0.15, -0.1) is 0 Å². The minimum Gasteiger partial charge on any atom is -0.345 e. The monoisotopic (exact) mass is 510 g/mol. The van der Waals surface area contributed by atoms with Gasteiger partial charge in [-0.2, -0.15) is 0 Å². The molecule has 3 amide bonds. The maximum Gasteiger partial charge on any atom is 0.277 e. The summed E-state index contributed by atoms with van der Waals surface area (Å²) in [6.07, 6.45) is 4.18. The third-order valence-electron chi connectivity index (χ3n) is 6.30. The Morgan fingerprint density at radius 1 is 0.974 bits per heavy atom. The molecule has 38 heavy (non-hydrogen) atoms. The van der Waals surface area contributed by atoms with Gasteiger partial charge in [0, 0.05) is 12.4 Å². The molecular weight excluding hydrogens is 480 g/mol. The molecule has 1 N–H and O–H groups in total. The molecule has 0 radical (unpaired) electrons. The van der Waals surface area contributed by atoms with Crippen LogP contribution in [0.25, 0.3) is 5.70 Å². The molecule has 2 aromatic carbocycles. The minimum atomic E-state index is -0.837. The number of nitrogens with zero attached hydrogens (tertiary/aromatic N) is 3. The van der Waals surface area contributed by atoms with E-state index in [-0.39, 0.29) is 24.1 Å². The molecule has 0 aliphatic carbocycles. The molecule has 1 aromatic heterocycles. The van der Waals surface area contributed by atoms with Crippen molar-refractivity contribution < 1.29 is 19.2 Å². The van der Waals surface area contributed by atoms with E-state index in [0.29, 0.717) is 24.0 Å². The van der Waals surface area contributed by atoms with Crippen molar-refractivity contribution in [3.8, 4) is 0 Å². The lowest BCUT2D eigenvalue weighted by Crippen LogP contribution is -2.56. The lowest BCUT2D eigenvalue weighted by molar-refractivity contribution is -0.138. The molecule has 4 rings (SSSR count). The van der Waals surface area contributed by atoms with Crippen LogP contribution in [0.15, 0.2) is 91.3 Å². The van der Waals surface area contributed by atoms with Crippen LogP contribution in [0.5, 0.6) is 0 Å². The van der Waals surface area contributed by atoms with Gasteiger partial charge in [0.05, 0.1) is 11.7 Å². The van der Waals surface area contributed by atoms with Gasteiger partial charge < -0.3 is 10.1 Å². The number of amides is 3. The van der Waals surface area contributed by atoms with E-state index in [1.54, 1.807) is 24.4 Å². The molecule has 2 heterocycles. The molecule has 8 nitrogen and oxygen atoms in total. The van der Waals surface area contributed by atoms with Crippen LogP contribution in [0, 0.1) is 5.92 Å². The van der Waals surface area contributed by atoms with E-state index in [0.717, 1.165) is 5.56 Å². The molecule has 0 spiro atoms. The highest BCUT2D eigenvalue weighted by Crippen LogP contribution is 2.30. The summed E-state index contributed by atoms with van der Waals surface area (Å²) < 4.78 is 0. The maximum absolute atomic E-state index is 13.9. The fraction of sp³-hybridized carbons (Fsp3) is 0.233. The van der Waals surface area contributed by atoms with E-state index >= 15 is 0 Å². The summed E-state index contributed by atoms with van der Waals surface area (Å²) in [5.74, 6) is -1.50. The number of pyridine rings is 1. The van der Waals surface area contributed by atoms with E-state index in [9.17, 15) is 19.2 Å². The number of hydrogen-bond acceptors (Lipinski definition) is 5. The summed E-state index contributed by atoms with van der Waals surface area (Å²) in [6, 6.07) is 21.9. The van der Waals surface area contributed by atoms with E-state index in [4.69, 9.17) is 0 Å². The summed E-state index contributed by atoms with van der Waals surface area (Å²) in [5, 5.41) is 2.74. The molecule has 1 aliphatic heterocycles. The van der Waals surface area contributed by atoms with Crippen LogP contribution < -0.4 is 5.32 Å². The summed E-state index contributed by atoms with van der Waals surface area (Å²) in [5.41, 5.74) is 2.21. The summed E-state index contributed by atoms with van der Waals surface area (Å²) >= 11 is 0. The van der Waals surface area contributed by atoms with Crippen molar-refractivity contribution in [2.45, 2.75) is 32.4 Å². The Balaban J connectivity index is 1.65. The number of aromatic nitrogens is 1. The van der Waals surface area contributed by atoms with Gasteiger partial charge in [-0.1, -0.05) is 80.6 Å². The standard InChI is InChI=1S/C30H30N4O4/c1-21(2)28-30(38)33(19-27(36)32-24(20-35)17-22-11-5-3-6-12-22)26(23-13-7-4-8-14-23)18-34(28)29(37)25-15-9-10-16-31-25/h3-16,18,20-21,24,28H,17,19H2,1-2H3,(H,32,36)/t24-,28-/m0/s1. The topological polar surface area (TPSA) is 99.7 Å². The normalized spacial score (nSPS) is 16.1.